The minimum atomic E-state index is 0.187. The van der Waals surface area contributed by atoms with E-state index in [9.17, 15) is 4.79 Å². The van der Waals surface area contributed by atoms with Gasteiger partial charge in [0.15, 0.2) is 5.78 Å². The zero-order valence-corrected chi connectivity index (χ0v) is 13.9. The standard InChI is InChI=1S/C21H19NO2/c1-13-8-9-18(20-17(23)11-14(2)19(13)20)24-12-16-6-3-5-15-7-4-10-22-21(15)16/h3-10,14H,11-12H2,1-2H3. The number of Topliss-reactive ketones (excluding diaryl/α,β-unsaturated/α-hetero) is 1. The predicted octanol–water partition coefficient (Wildman–Crippen LogP) is 4.81. The van der Waals surface area contributed by atoms with E-state index >= 15 is 0 Å². The first-order valence-corrected chi connectivity index (χ1v) is 8.27. The molecule has 0 saturated carbocycles. The molecular formula is C21H19NO2. The second kappa shape index (κ2) is 5.75. The Balaban J connectivity index is 1.69. The van der Waals surface area contributed by atoms with Gasteiger partial charge in [-0.1, -0.05) is 37.3 Å². The number of fused-ring (bicyclic) bond motifs is 2. The molecule has 2 aromatic carbocycles. The van der Waals surface area contributed by atoms with Crippen LogP contribution in [0, 0.1) is 6.92 Å². The van der Waals surface area contributed by atoms with E-state index < -0.39 is 0 Å². The monoisotopic (exact) mass is 317 g/mol. The first-order valence-electron chi connectivity index (χ1n) is 8.27. The molecule has 0 fully saturated rings. The summed E-state index contributed by atoms with van der Waals surface area (Å²) in [7, 11) is 0. The van der Waals surface area contributed by atoms with E-state index in [0.717, 1.165) is 27.6 Å². The Morgan fingerprint density at radius 3 is 2.88 bits per heavy atom. The molecule has 3 heteroatoms. The van der Waals surface area contributed by atoms with Crippen LogP contribution in [0.3, 0.4) is 0 Å². The fraction of sp³-hybridized carbons (Fsp3) is 0.238. The highest BCUT2D eigenvalue weighted by Gasteiger charge is 2.31. The fourth-order valence-corrected chi connectivity index (χ4v) is 3.67. The maximum atomic E-state index is 12.4. The van der Waals surface area contributed by atoms with Crippen LogP contribution in [0.1, 0.15) is 46.3 Å². The zero-order chi connectivity index (χ0) is 16.7. The third kappa shape index (κ3) is 2.37. The number of carbonyl (C=O) groups excluding carboxylic acids is 1. The maximum Gasteiger partial charge on any atom is 0.167 e. The fourth-order valence-electron chi connectivity index (χ4n) is 3.67. The third-order valence-corrected chi connectivity index (χ3v) is 4.79. The molecule has 1 aliphatic carbocycles. The number of carbonyl (C=O) groups is 1. The Bertz CT molecular complexity index is 940. The van der Waals surface area contributed by atoms with Crippen LogP contribution in [0.5, 0.6) is 5.75 Å². The molecule has 0 spiro atoms. The van der Waals surface area contributed by atoms with Gasteiger partial charge in [-0.2, -0.15) is 0 Å². The van der Waals surface area contributed by atoms with E-state index in [0.29, 0.717) is 18.8 Å². The highest BCUT2D eigenvalue weighted by molar-refractivity contribution is 6.04. The molecule has 1 unspecified atom stereocenters. The number of ketones is 1. The summed E-state index contributed by atoms with van der Waals surface area (Å²) >= 11 is 0. The molecule has 0 aliphatic heterocycles. The average Bonchev–Trinajstić information content (AvgIpc) is 2.90. The number of aromatic nitrogens is 1. The Kier molecular flexibility index (Phi) is 3.57. The summed E-state index contributed by atoms with van der Waals surface area (Å²) in [6, 6.07) is 14.0. The van der Waals surface area contributed by atoms with Crippen LogP contribution in [0.4, 0.5) is 0 Å². The van der Waals surface area contributed by atoms with Gasteiger partial charge in [-0.3, -0.25) is 9.78 Å². The van der Waals surface area contributed by atoms with Crippen molar-refractivity contribution >= 4 is 16.7 Å². The summed E-state index contributed by atoms with van der Waals surface area (Å²) in [5.41, 5.74) is 5.07. The van der Waals surface area contributed by atoms with Gasteiger partial charge in [-0.05, 0) is 36.1 Å². The van der Waals surface area contributed by atoms with Gasteiger partial charge >= 0.3 is 0 Å². The molecule has 0 bridgehead atoms. The van der Waals surface area contributed by atoms with E-state index in [4.69, 9.17) is 4.74 Å². The third-order valence-electron chi connectivity index (χ3n) is 4.79. The van der Waals surface area contributed by atoms with Crippen LogP contribution in [-0.2, 0) is 6.61 Å². The number of pyridine rings is 1. The molecule has 1 aromatic heterocycles. The van der Waals surface area contributed by atoms with Gasteiger partial charge in [0, 0.05) is 23.6 Å². The van der Waals surface area contributed by atoms with Crippen LogP contribution < -0.4 is 4.74 Å². The highest BCUT2D eigenvalue weighted by Crippen LogP contribution is 2.40. The van der Waals surface area contributed by atoms with Gasteiger partial charge < -0.3 is 4.74 Å². The zero-order valence-electron chi connectivity index (χ0n) is 13.9. The number of nitrogens with zero attached hydrogens (tertiary/aromatic N) is 1. The molecule has 4 rings (SSSR count). The number of ether oxygens (including phenoxy) is 1. The summed E-state index contributed by atoms with van der Waals surface area (Å²) in [6.45, 7) is 4.58. The SMILES string of the molecule is Cc1ccc(OCc2cccc3cccnc23)c2c1C(C)CC2=O. The van der Waals surface area contributed by atoms with Crippen molar-refractivity contribution < 1.29 is 9.53 Å². The number of para-hydroxylation sites is 1. The molecule has 24 heavy (non-hydrogen) atoms. The quantitative estimate of drug-likeness (QED) is 0.695. The average molecular weight is 317 g/mol. The summed E-state index contributed by atoms with van der Waals surface area (Å²) in [5, 5.41) is 1.09. The first-order chi connectivity index (χ1) is 11.6. The molecule has 3 nitrogen and oxygen atoms in total. The van der Waals surface area contributed by atoms with Gasteiger partial charge in [0.1, 0.15) is 12.4 Å². The van der Waals surface area contributed by atoms with Crippen LogP contribution >= 0.6 is 0 Å². The first kappa shape index (κ1) is 14.9. The van der Waals surface area contributed by atoms with Gasteiger partial charge in [0.05, 0.1) is 11.1 Å². The number of hydrogen-bond donors (Lipinski definition) is 0. The van der Waals surface area contributed by atoms with Crippen molar-refractivity contribution in [2.45, 2.75) is 32.8 Å². The number of aryl methyl sites for hydroxylation is 1. The second-order valence-electron chi connectivity index (χ2n) is 6.48. The molecule has 3 aromatic rings. The molecule has 1 heterocycles. The largest absolute Gasteiger partial charge is 0.488 e. The summed E-state index contributed by atoms with van der Waals surface area (Å²) in [5.74, 6) is 1.15. The smallest absolute Gasteiger partial charge is 0.167 e. The summed E-state index contributed by atoms with van der Waals surface area (Å²) < 4.78 is 6.06. The Morgan fingerprint density at radius 1 is 1.17 bits per heavy atom. The summed E-state index contributed by atoms with van der Waals surface area (Å²) in [6.07, 6.45) is 2.37. The minimum absolute atomic E-state index is 0.187. The molecule has 0 radical (unpaired) electrons. The van der Waals surface area contributed by atoms with E-state index in [1.165, 1.54) is 5.56 Å². The van der Waals surface area contributed by atoms with Crippen LogP contribution in [0.15, 0.2) is 48.7 Å². The van der Waals surface area contributed by atoms with E-state index in [2.05, 4.69) is 18.8 Å². The van der Waals surface area contributed by atoms with Crippen molar-refractivity contribution in [2.24, 2.45) is 0 Å². The highest BCUT2D eigenvalue weighted by atomic mass is 16.5. The van der Waals surface area contributed by atoms with Crippen molar-refractivity contribution in [3.05, 3.63) is 70.9 Å². The van der Waals surface area contributed by atoms with Crippen molar-refractivity contribution in [3.63, 3.8) is 0 Å². The molecule has 0 saturated heterocycles. The van der Waals surface area contributed by atoms with Gasteiger partial charge in [-0.25, -0.2) is 0 Å². The van der Waals surface area contributed by atoms with Gasteiger partial charge in [0.2, 0.25) is 0 Å². The molecule has 0 N–H and O–H groups in total. The topological polar surface area (TPSA) is 39.2 Å². The summed E-state index contributed by atoms with van der Waals surface area (Å²) in [4.78, 5) is 16.8. The van der Waals surface area contributed by atoms with Gasteiger partial charge in [0.25, 0.3) is 0 Å². The number of rotatable bonds is 3. The number of hydrogen-bond acceptors (Lipinski definition) is 3. The van der Waals surface area contributed by atoms with Crippen molar-refractivity contribution in [2.75, 3.05) is 0 Å². The van der Waals surface area contributed by atoms with Crippen molar-refractivity contribution in [1.82, 2.24) is 4.98 Å². The lowest BCUT2D eigenvalue weighted by Crippen LogP contribution is -2.03. The Labute approximate surface area is 141 Å². The van der Waals surface area contributed by atoms with E-state index in [1.54, 1.807) is 6.20 Å². The second-order valence-corrected chi connectivity index (χ2v) is 6.48. The predicted molar refractivity (Wildman–Crippen MR) is 94.6 cm³/mol. The lowest BCUT2D eigenvalue weighted by molar-refractivity contribution is 0.0986. The molecular weight excluding hydrogens is 298 g/mol. The lowest BCUT2D eigenvalue weighted by Gasteiger charge is -2.14. The lowest BCUT2D eigenvalue weighted by atomic mass is 9.97. The molecule has 120 valence electrons. The molecule has 1 atom stereocenters. The van der Waals surface area contributed by atoms with Crippen LogP contribution in [-0.4, -0.2) is 10.8 Å². The Morgan fingerprint density at radius 2 is 2.00 bits per heavy atom. The van der Waals surface area contributed by atoms with Crippen LogP contribution in [0.25, 0.3) is 10.9 Å². The number of benzene rings is 2. The van der Waals surface area contributed by atoms with Gasteiger partial charge in [-0.15, -0.1) is 0 Å². The molecule has 0 amide bonds. The van der Waals surface area contributed by atoms with Crippen molar-refractivity contribution in [1.29, 1.82) is 0 Å². The Hall–Kier alpha value is -2.68. The van der Waals surface area contributed by atoms with E-state index in [1.807, 2.05) is 42.5 Å². The molecule has 1 aliphatic rings. The minimum Gasteiger partial charge on any atom is -0.488 e. The van der Waals surface area contributed by atoms with Crippen LogP contribution in [0.2, 0.25) is 0 Å². The van der Waals surface area contributed by atoms with E-state index in [-0.39, 0.29) is 11.7 Å². The van der Waals surface area contributed by atoms with Crippen molar-refractivity contribution in [3.8, 4) is 5.75 Å². The maximum absolute atomic E-state index is 12.4. The normalized spacial score (nSPS) is 16.4.